The second-order valence-electron chi connectivity index (χ2n) is 4.73. The van der Waals surface area contributed by atoms with Crippen molar-refractivity contribution in [2.24, 2.45) is 0 Å². The van der Waals surface area contributed by atoms with Crippen LogP contribution in [0.2, 0.25) is 0 Å². The molecule has 100 valence electrons. The number of hydrogen-bond acceptors (Lipinski definition) is 1. The van der Waals surface area contributed by atoms with E-state index in [0.29, 0.717) is 0 Å². The highest BCUT2D eigenvalue weighted by Gasteiger charge is 1.96. The maximum atomic E-state index is 5.65. The summed E-state index contributed by atoms with van der Waals surface area (Å²) in [5.41, 5.74) is 1.41. The van der Waals surface area contributed by atoms with E-state index in [1.165, 1.54) is 37.7 Å². The highest BCUT2D eigenvalue weighted by Crippen LogP contribution is 2.15. The summed E-state index contributed by atoms with van der Waals surface area (Å²) in [6, 6.07) is 8.56. The van der Waals surface area contributed by atoms with Gasteiger partial charge >= 0.3 is 0 Å². The Bertz CT molecular complexity index is 313. The molecule has 0 fully saturated rings. The van der Waals surface area contributed by atoms with Crippen LogP contribution < -0.4 is 4.74 Å². The van der Waals surface area contributed by atoms with E-state index < -0.39 is 0 Å². The fourth-order valence-electron chi connectivity index (χ4n) is 1.88. The predicted octanol–water partition coefficient (Wildman–Crippen LogP) is 5.15. The van der Waals surface area contributed by atoms with Gasteiger partial charge in [0.05, 0.1) is 6.61 Å². The van der Waals surface area contributed by atoms with Gasteiger partial charge in [-0.25, -0.2) is 0 Å². The molecular weight excluding hydrogens is 220 g/mol. The third-order valence-electron chi connectivity index (χ3n) is 3.06. The fourth-order valence-corrected chi connectivity index (χ4v) is 1.88. The van der Waals surface area contributed by atoms with Gasteiger partial charge in [-0.1, -0.05) is 38.0 Å². The number of rotatable bonds is 10. The number of benzene rings is 1. The molecule has 0 spiro atoms. The number of allylic oxidation sites excluding steroid dienone is 1. The lowest BCUT2D eigenvalue weighted by Crippen LogP contribution is -1.96. The summed E-state index contributed by atoms with van der Waals surface area (Å²) in [4.78, 5) is 0. The molecule has 0 aliphatic heterocycles. The monoisotopic (exact) mass is 246 g/mol. The largest absolute Gasteiger partial charge is 0.494 e. The molecule has 0 atom stereocenters. The van der Waals surface area contributed by atoms with Gasteiger partial charge in [-0.05, 0) is 49.8 Å². The Labute approximate surface area is 112 Å². The smallest absolute Gasteiger partial charge is 0.119 e. The summed E-state index contributed by atoms with van der Waals surface area (Å²) in [5.74, 6) is 0.999. The van der Waals surface area contributed by atoms with E-state index in [1.807, 2.05) is 6.08 Å². The SMILES string of the molecule is C=CCCCCCc1ccc(OCCCC)cc1. The van der Waals surface area contributed by atoms with Crippen LogP contribution in [0.1, 0.15) is 51.0 Å². The van der Waals surface area contributed by atoms with Crippen molar-refractivity contribution < 1.29 is 4.74 Å². The molecule has 0 saturated heterocycles. The summed E-state index contributed by atoms with van der Waals surface area (Å²) >= 11 is 0. The first kappa shape index (κ1) is 14.8. The average Bonchev–Trinajstić information content (AvgIpc) is 2.40. The molecule has 0 heterocycles. The van der Waals surface area contributed by atoms with Crippen molar-refractivity contribution in [2.45, 2.75) is 51.9 Å². The summed E-state index contributed by atoms with van der Waals surface area (Å²) in [7, 11) is 0. The number of unbranched alkanes of at least 4 members (excludes halogenated alkanes) is 4. The van der Waals surface area contributed by atoms with Gasteiger partial charge < -0.3 is 4.74 Å². The van der Waals surface area contributed by atoms with Gasteiger partial charge in [-0.15, -0.1) is 6.58 Å². The molecule has 0 aromatic heterocycles. The van der Waals surface area contributed by atoms with Crippen LogP contribution in [0.4, 0.5) is 0 Å². The van der Waals surface area contributed by atoms with Crippen molar-refractivity contribution in [3.63, 3.8) is 0 Å². The van der Waals surface area contributed by atoms with Crippen LogP contribution in [0, 0.1) is 0 Å². The van der Waals surface area contributed by atoms with E-state index >= 15 is 0 Å². The van der Waals surface area contributed by atoms with Crippen LogP contribution in [-0.4, -0.2) is 6.61 Å². The van der Waals surface area contributed by atoms with Gasteiger partial charge in [0.1, 0.15) is 5.75 Å². The van der Waals surface area contributed by atoms with Gasteiger partial charge in [0.15, 0.2) is 0 Å². The molecule has 0 amide bonds. The van der Waals surface area contributed by atoms with Gasteiger partial charge in [0.2, 0.25) is 0 Å². The molecule has 1 heteroatoms. The van der Waals surface area contributed by atoms with Crippen LogP contribution in [0.15, 0.2) is 36.9 Å². The van der Waals surface area contributed by atoms with Crippen molar-refractivity contribution in [2.75, 3.05) is 6.61 Å². The zero-order valence-corrected chi connectivity index (χ0v) is 11.7. The first-order chi connectivity index (χ1) is 8.86. The first-order valence-corrected chi connectivity index (χ1v) is 7.19. The minimum Gasteiger partial charge on any atom is -0.494 e. The quantitative estimate of drug-likeness (QED) is 0.409. The van der Waals surface area contributed by atoms with Crippen molar-refractivity contribution in [1.29, 1.82) is 0 Å². The highest BCUT2D eigenvalue weighted by molar-refractivity contribution is 5.27. The van der Waals surface area contributed by atoms with E-state index in [0.717, 1.165) is 25.2 Å². The summed E-state index contributed by atoms with van der Waals surface area (Å²) in [6.45, 7) is 6.75. The molecule has 0 aliphatic rings. The molecular formula is C17H26O. The minimum atomic E-state index is 0.831. The maximum absolute atomic E-state index is 5.65. The summed E-state index contributed by atoms with van der Waals surface area (Å²) in [6.07, 6.45) is 10.5. The van der Waals surface area contributed by atoms with E-state index in [1.54, 1.807) is 0 Å². The molecule has 0 aliphatic carbocycles. The molecule has 0 unspecified atom stereocenters. The van der Waals surface area contributed by atoms with Crippen LogP contribution >= 0.6 is 0 Å². The van der Waals surface area contributed by atoms with Gasteiger partial charge in [-0.2, -0.15) is 0 Å². The van der Waals surface area contributed by atoms with E-state index in [9.17, 15) is 0 Å². The van der Waals surface area contributed by atoms with Crippen LogP contribution in [0.3, 0.4) is 0 Å². The number of aryl methyl sites for hydroxylation is 1. The fraction of sp³-hybridized carbons (Fsp3) is 0.529. The predicted molar refractivity (Wildman–Crippen MR) is 79.2 cm³/mol. The third-order valence-corrected chi connectivity index (χ3v) is 3.06. The molecule has 0 saturated carbocycles. The molecule has 0 N–H and O–H groups in total. The van der Waals surface area contributed by atoms with Gasteiger partial charge in [-0.3, -0.25) is 0 Å². The average molecular weight is 246 g/mol. The maximum Gasteiger partial charge on any atom is 0.119 e. The molecule has 1 rings (SSSR count). The standard InChI is InChI=1S/C17H26O/c1-3-5-7-8-9-10-16-11-13-17(14-12-16)18-15-6-4-2/h3,11-14H,1,4-10,15H2,2H3. The van der Waals surface area contributed by atoms with Crippen molar-refractivity contribution in [3.05, 3.63) is 42.5 Å². The van der Waals surface area contributed by atoms with Crippen molar-refractivity contribution in [1.82, 2.24) is 0 Å². The van der Waals surface area contributed by atoms with E-state index in [2.05, 4.69) is 37.8 Å². The molecule has 1 aromatic rings. The van der Waals surface area contributed by atoms with Gasteiger partial charge in [0.25, 0.3) is 0 Å². The van der Waals surface area contributed by atoms with Crippen LogP contribution in [0.25, 0.3) is 0 Å². The highest BCUT2D eigenvalue weighted by atomic mass is 16.5. The molecule has 1 aromatic carbocycles. The lowest BCUT2D eigenvalue weighted by atomic mass is 10.1. The zero-order valence-electron chi connectivity index (χ0n) is 11.7. The third kappa shape index (κ3) is 6.48. The molecule has 18 heavy (non-hydrogen) atoms. The summed E-state index contributed by atoms with van der Waals surface area (Å²) < 4.78 is 5.65. The van der Waals surface area contributed by atoms with Crippen molar-refractivity contribution in [3.8, 4) is 5.75 Å². The van der Waals surface area contributed by atoms with E-state index in [-0.39, 0.29) is 0 Å². The Morgan fingerprint density at radius 1 is 1.06 bits per heavy atom. The number of hydrogen-bond donors (Lipinski definition) is 0. The second kappa shape index (κ2) is 9.76. The normalized spacial score (nSPS) is 10.3. The Kier molecular flexibility index (Phi) is 8.03. The lowest BCUT2D eigenvalue weighted by molar-refractivity contribution is 0.309. The Morgan fingerprint density at radius 3 is 2.50 bits per heavy atom. The second-order valence-corrected chi connectivity index (χ2v) is 4.73. The Balaban J connectivity index is 2.20. The Morgan fingerprint density at radius 2 is 1.83 bits per heavy atom. The van der Waals surface area contributed by atoms with Crippen molar-refractivity contribution >= 4 is 0 Å². The topological polar surface area (TPSA) is 9.23 Å². The molecule has 1 nitrogen and oxygen atoms in total. The van der Waals surface area contributed by atoms with Gasteiger partial charge in [0, 0.05) is 0 Å². The molecule has 0 radical (unpaired) electrons. The zero-order chi connectivity index (χ0) is 13.1. The van der Waals surface area contributed by atoms with Crippen LogP contribution in [0.5, 0.6) is 5.75 Å². The van der Waals surface area contributed by atoms with E-state index in [4.69, 9.17) is 4.74 Å². The summed E-state index contributed by atoms with van der Waals surface area (Å²) in [5, 5.41) is 0. The Hall–Kier alpha value is -1.24. The lowest BCUT2D eigenvalue weighted by Gasteiger charge is -2.06. The van der Waals surface area contributed by atoms with Crippen LogP contribution in [-0.2, 0) is 6.42 Å². The molecule has 0 bridgehead atoms. The number of ether oxygens (including phenoxy) is 1. The minimum absolute atomic E-state index is 0.831. The first-order valence-electron chi connectivity index (χ1n) is 7.19.